The number of benzene rings is 1. The molecule has 1 atom stereocenters. The van der Waals surface area contributed by atoms with Crippen molar-refractivity contribution >= 4 is 17.5 Å². The molecule has 1 amide bonds. The fraction of sp³-hybridized carbons (Fsp3) is 0.588. The lowest BCUT2D eigenvalue weighted by Gasteiger charge is -2.36. The lowest BCUT2D eigenvalue weighted by Crippen LogP contribution is -2.58. The first kappa shape index (κ1) is 18.5. The Morgan fingerprint density at radius 3 is 2.56 bits per heavy atom. The van der Waals surface area contributed by atoms with Gasteiger partial charge in [-0.3, -0.25) is 9.69 Å². The number of hydrogen-bond acceptors (Lipinski definition) is 3. The Kier molecular flexibility index (Phi) is 5.27. The Morgan fingerprint density at radius 2 is 2.00 bits per heavy atom. The summed E-state index contributed by atoms with van der Waals surface area (Å²) >= 11 is 5.98. The number of carbonyl (C=O) groups excluding carboxylic acids is 1. The SMILES string of the molecule is O=C(NCC(N1CCNCC1)C(F)(F)F)C1(c2cccc(Cl)c2)CC1. The molecular formula is C17H21ClF3N3O. The minimum Gasteiger partial charge on any atom is -0.353 e. The summed E-state index contributed by atoms with van der Waals surface area (Å²) in [6.45, 7) is 1.25. The Hall–Kier alpha value is -1.31. The number of nitrogens with one attached hydrogen (secondary N) is 2. The van der Waals surface area contributed by atoms with Crippen molar-refractivity contribution in [2.75, 3.05) is 32.7 Å². The summed E-state index contributed by atoms with van der Waals surface area (Å²) in [6, 6.07) is 5.32. The summed E-state index contributed by atoms with van der Waals surface area (Å²) in [5, 5.41) is 6.10. The second-order valence-electron chi connectivity index (χ2n) is 6.65. The topological polar surface area (TPSA) is 44.4 Å². The number of rotatable bonds is 5. The van der Waals surface area contributed by atoms with Crippen LogP contribution in [-0.4, -0.2) is 55.7 Å². The van der Waals surface area contributed by atoms with E-state index in [0.29, 0.717) is 44.0 Å². The van der Waals surface area contributed by atoms with E-state index >= 15 is 0 Å². The average molecular weight is 376 g/mol. The predicted molar refractivity (Wildman–Crippen MR) is 89.7 cm³/mol. The molecule has 1 saturated carbocycles. The van der Waals surface area contributed by atoms with Crippen LogP contribution in [0.3, 0.4) is 0 Å². The highest BCUT2D eigenvalue weighted by atomic mass is 35.5. The number of halogens is 4. The standard InChI is InChI=1S/C17H21ClF3N3O/c18-13-3-1-2-12(10-13)16(4-5-16)15(25)23-11-14(17(19,20)21)24-8-6-22-7-9-24/h1-3,10,14,22H,4-9,11H2,(H,23,25). The smallest absolute Gasteiger partial charge is 0.353 e. The van der Waals surface area contributed by atoms with Gasteiger partial charge in [0.25, 0.3) is 0 Å². The van der Waals surface area contributed by atoms with Crippen molar-refractivity contribution in [1.82, 2.24) is 15.5 Å². The summed E-state index contributed by atoms with van der Waals surface area (Å²) in [4.78, 5) is 14.0. The molecule has 25 heavy (non-hydrogen) atoms. The third kappa shape index (κ3) is 4.10. The fourth-order valence-electron chi connectivity index (χ4n) is 3.36. The zero-order chi connectivity index (χ0) is 18.1. The third-order valence-electron chi connectivity index (χ3n) is 4.99. The molecule has 2 aliphatic rings. The van der Waals surface area contributed by atoms with Crippen LogP contribution in [0.15, 0.2) is 24.3 Å². The van der Waals surface area contributed by atoms with Crippen LogP contribution in [0.1, 0.15) is 18.4 Å². The van der Waals surface area contributed by atoms with Gasteiger partial charge in [-0.2, -0.15) is 13.2 Å². The summed E-state index contributed by atoms with van der Waals surface area (Å²) in [5.41, 5.74) is 0.0352. The predicted octanol–water partition coefficient (Wildman–Crippen LogP) is 2.32. The number of nitrogens with zero attached hydrogens (tertiary/aromatic N) is 1. The van der Waals surface area contributed by atoms with Crippen molar-refractivity contribution in [2.24, 2.45) is 0 Å². The van der Waals surface area contributed by atoms with E-state index in [1.54, 1.807) is 24.3 Å². The second kappa shape index (κ2) is 7.13. The van der Waals surface area contributed by atoms with Crippen LogP contribution in [0.5, 0.6) is 0 Å². The molecule has 2 fully saturated rings. The van der Waals surface area contributed by atoms with Gasteiger partial charge < -0.3 is 10.6 Å². The molecule has 1 unspecified atom stereocenters. The summed E-state index contributed by atoms with van der Waals surface area (Å²) < 4.78 is 40.2. The van der Waals surface area contributed by atoms with Gasteiger partial charge in [0, 0.05) is 37.7 Å². The molecule has 2 N–H and O–H groups in total. The lowest BCUT2D eigenvalue weighted by atomic mass is 9.95. The van der Waals surface area contributed by atoms with Gasteiger partial charge in [0.05, 0.1) is 5.41 Å². The van der Waals surface area contributed by atoms with Gasteiger partial charge in [0.15, 0.2) is 0 Å². The molecule has 0 spiro atoms. The fourth-order valence-corrected chi connectivity index (χ4v) is 3.55. The van der Waals surface area contributed by atoms with Crippen LogP contribution < -0.4 is 10.6 Å². The Bertz CT molecular complexity index is 628. The quantitative estimate of drug-likeness (QED) is 0.830. The average Bonchev–Trinajstić information content (AvgIpc) is 3.36. The molecule has 1 aliphatic heterocycles. The number of amides is 1. The van der Waals surface area contributed by atoms with Crippen molar-refractivity contribution in [3.05, 3.63) is 34.9 Å². The zero-order valence-corrected chi connectivity index (χ0v) is 14.5. The van der Waals surface area contributed by atoms with Crippen LogP contribution in [0.25, 0.3) is 0 Å². The third-order valence-corrected chi connectivity index (χ3v) is 5.22. The first-order valence-corrected chi connectivity index (χ1v) is 8.76. The van der Waals surface area contributed by atoms with Gasteiger partial charge in [-0.15, -0.1) is 0 Å². The van der Waals surface area contributed by atoms with Gasteiger partial charge in [-0.05, 0) is 30.5 Å². The Labute approximate surface area is 149 Å². The summed E-state index contributed by atoms with van der Waals surface area (Å²) in [5.74, 6) is -0.348. The van der Waals surface area contributed by atoms with Crippen LogP contribution in [-0.2, 0) is 10.2 Å². The lowest BCUT2D eigenvalue weighted by molar-refractivity contribution is -0.184. The maximum Gasteiger partial charge on any atom is 0.405 e. The van der Waals surface area contributed by atoms with E-state index in [4.69, 9.17) is 11.6 Å². The molecule has 138 valence electrons. The number of alkyl halides is 3. The Balaban J connectivity index is 1.67. The van der Waals surface area contributed by atoms with Crippen molar-refractivity contribution in [3.63, 3.8) is 0 Å². The second-order valence-corrected chi connectivity index (χ2v) is 7.08. The Morgan fingerprint density at radius 1 is 1.32 bits per heavy atom. The minimum absolute atomic E-state index is 0.319. The molecule has 1 aromatic rings. The van der Waals surface area contributed by atoms with E-state index in [2.05, 4.69) is 10.6 Å². The van der Waals surface area contributed by atoms with Crippen LogP contribution in [0, 0.1) is 0 Å². The molecule has 1 aromatic carbocycles. The monoisotopic (exact) mass is 375 g/mol. The minimum atomic E-state index is -4.38. The highest BCUT2D eigenvalue weighted by Gasteiger charge is 2.52. The van der Waals surface area contributed by atoms with Crippen molar-refractivity contribution in [3.8, 4) is 0 Å². The van der Waals surface area contributed by atoms with E-state index in [1.807, 2.05) is 0 Å². The molecule has 1 aliphatic carbocycles. The van der Waals surface area contributed by atoms with E-state index in [1.165, 1.54) is 4.90 Å². The van der Waals surface area contributed by atoms with Crippen molar-refractivity contribution in [1.29, 1.82) is 0 Å². The number of piperazine rings is 1. The molecule has 8 heteroatoms. The molecule has 4 nitrogen and oxygen atoms in total. The van der Waals surface area contributed by atoms with Crippen LogP contribution in [0.4, 0.5) is 13.2 Å². The van der Waals surface area contributed by atoms with Gasteiger partial charge >= 0.3 is 6.18 Å². The molecule has 0 radical (unpaired) electrons. The zero-order valence-electron chi connectivity index (χ0n) is 13.7. The first-order chi connectivity index (χ1) is 11.8. The summed E-state index contributed by atoms with van der Waals surface area (Å²) in [6.07, 6.45) is -3.12. The van der Waals surface area contributed by atoms with Gasteiger partial charge in [-0.25, -0.2) is 0 Å². The van der Waals surface area contributed by atoms with Gasteiger partial charge in [0.2, 0.25) is 5.91 Å². The first-order valence-electron chi connectivity index (χ1n) is 8.39. The normalized spacial score (nSPS) is 21.6. The highest BCUT2D eigenvalue weighted by Crippen LogP contribution is 2.48. The van der Waals surface area contributed by atoms with Crippen molar-refractivity contribution in [2.45, 2.75) is 30.5 Å². The van der Waals surface area contributed by atoms with E-state index in [-0.39, 0.29) is 5.91 Å². The highest BCUT2D eigenvalue weighted by molar-refractivity contribution is 6.30. The molecule has 3 rings (SSSR count). The largest absolute Gasteiger partial charge is 0.405 e. The van der Waals surface area contributed by atoms with Gasteiger partial charge in [0.1, 0.15) is 6.04 Å². The molecule has 0 aromatic heterocycles. The van der Waals surface area contributed by atoms with Gasteiger partial charge in [-0.1, -0.05) is 23.7 Å². The molecule has 1 saturated heterocycles. The van der Waals surface area contributed by atoms with E-state index in [9.17, 15) is 18.0 Å². The molecule has 0 bridgehead atoms. The maximum atomic E-state index is 13.4. The number of carbonyl (C=O) groups is 1. The molecular weight excluding hydrogens is 355 g/mol. The number of hydrogen-bond donors (Lipinski definition) is 2. The van der Waals surface area contributed by atoms with Crippen molar-refractivity contribution < 1.29 is 18.0 Å². The maximum absolute atomic E-state index is 13.4. The van der Waals surface area contributed by atoms with E-state index in [0.717, 1.165) is 5.56 Å². The van der Waals surface area contributed by atoms with E-state index < -0.39 is 24.2 Å². The summed E-state index contributed by atoms with van der Waals surface area (Å²) in [7, 11) is 0. The van der Waals surface area contributed by atoms with Crippen LogP contribution >= 0.6 is 11.6 Å². The van der Waals surface area contributed by atoms with Crippen LogP contribution in [0.2, 0.25) is 5.02 Å². The molecule has 1 heterocycles.